The zero-order valence-electron chi connectivity index (χ0n) is 10.8. The van der Waals surface area contributed by atoms with Crippen LogP contribution in [0.5, 0.6) is 0 Å². The molecule has 0 bridgehead atoms. The monoisotopic (exact) mass is 221 g/mol. The summed E-state index contributed by atoms with van der Waals surface area (Å²) in [6, 6.07) is 9.31. The summed E-state index contributed by atoms with van der Waals surface area (Å²) < 4.78 is 0. The summed E-state index contributed by atoms with van der Waals surface area (Å²) in [7, 11) is 0. The quantitative estimate of drug-likeness (QED) is 0.828. The van der Waals surface area contributed by atoms with Crippen LogP contribution in [0.2, 0.25) is 0 Å². The van der Waals surface area contributed by atoms with Gasteiger partial charge in [-0.2, -0.15) is 0 Å². The summed E-state index contributed by atoms with van der Waals surface area (Å²) >= 11 is 0. The normalized spacial score (nSPS) is 11.0. The third kappa shape index (κ3) is 5.54. The van der Waals surface area contributed by atoms with E-state index in [1.165, 1.54) is 0 Å². The molecule has 0 spiro atoms. The molecule has 0 aliphatic heterocycles. The van der Waals surface area contributed by atoms with Gasteiger partial charge in [0.2, 0.25) is 0 Å². The summed E-state index contributed by atoms with van der Waals surface area (Å²) in [5.41, 5.74) is 0.732. The number of amides is 1. The van der Waals surface area contributed by atoms with Crippen LogP contribution < -0.4 is 5.32 Å². The standard InChI is InChI=1S/C12H17NO.C2H6/c1-3-10(2)9-13-12(14)11-7-5-4-6-8-11;1-2/h4-8,10H,3,9H2,1-2H3,(H,13,14);1-2H3. The van der Waals surface area contributed by atoms with Crippen molar-refractivity contribution in [3.8, 4) is 0 Å². The Balaban J connectivity index is 0.00000106. The fourth-order valence-corrected chi connectivity index (χ4v) is 1.10. The Bertz CT molecular complexity index is 282. The molecular weight excluding hydrogens is 198 g/mol. The second-order valence-electron chi connectivity index (χ2n) is 3.59. The molecule has 1 aromatic rings. The van der Waals surface area contributed by atoms with E-state index in [4.69, 9.17) is 0 Å². The molecular formula is C14H23NO. The molecule has 0 saturated carbocycles. The van der Waals surface area contributed by atoms with Gasteiger partial charge >= 0.3 is 0 Å². The molecule has 0 aliphatic carbocycles. The number of carbonyl (C=O) groups is 1. The number of rotatable bonds is 4. The summed E-state index contributed by atoms with van der Waals surface area (Å²) in [5.74, 6) is 0.563. The maximum Gasteiger partial charge on any atom is 0.251 e. The van der Waals surface area contributed by atoms with Crippen LogP contribution in [0.15, 0.2) is 30.3 Å². The molecule has 0 fully saturated rings. The highest BCUT2D eigenvalue weighted by atomic mass is 16.1. The number of nitrogens with one attached hydrogen (secondary N) is 1. The Morgan fingerprint density at radius 1 is 1.25 bits per heavy atom. The summed E-state index contributed by atoms with van der Waals surface area (Å²) in [4.78, 5) is 11.6. The SMILES string of the molecule is CC.CCC(C)CNC(=O)c1ccccc1. The van der Waals surface area contributed by atoms with E-state index >= 15 is 0 Å². The van der Waals surface area contributed by atoms with E-state index in [2.05, 4.69) is 19.2 Å². The van der Waals surface area contributed by atoms with Crippen molar-refractivity contribution in [3.63, 3.8) is 0 Å². The van der Waals surface area contributed by atoms with Crippen LogP contribution in [-0.2, 0) is 0 Å². The summed E-state index contributed by atoms with van der Waals surface area (Å²) in [6.07, 6.45) is 1.09. The Hall–Kier alpha value is -1.31. The minimum Gasteiger partial charge on any atom is -0.352 e. The van der Waals surface area contributed by atoms with Gasteiger partial charge in [0.15, 0.2) is 0 Å². The van der Waals surface area contributed by atoms with Crippen LogP contribution in [0.1, 0.15) is 44.5 Å². The van der Waals surface area contributed by atoms with E-state index in [0.29, 0.717) is 5.92 Å². The zero-order valence-corrected chi connectivity index (χ0v) is 10.8. The van der Waals surface area contributed by atoms with Crippen molar-refractivity contribution in [2.75, 3.05) is 6.54 Å². The first-order valence-corrected chi connectivity index (χ1v) is 6.07. The van der Waals surface area contributed by atoms with Gasteiger partial charge in [-0.25, -0.2) is 0 Å². The van der Waals surface area contributed by atoms with Gasteiger partial charge in [-0.05, 0) is 18.1 Å². The molecule has 1 atom stereocenters. The Morgan fingerprint density at radius 2 is 1.81 bits per heavy atom. The largest absolute Gasteiger partial charge is 0.352 e. The minimum atomic E-state index is 0.0194. The molecule has 2 heteroatoms. The maximum absolute atomic E-state index is 11.6. The van der Waals surface area contributed by atoms with Gasteiger partial charge in [-0.3, -0.25) is 4.79 Å². The average molecular weight is 221 g/mol. The van der Waals surface area contributed by atoms with Crippen LogP contribution in [0, 0.1) is 5.92 Å². The lowest BCUT2D eigenvalue weighted by molar-refractivity contribution is 0.0948. The molecule has 0 aliphatic rings. The third-order valence-electron chi connectivity index (χ3n) is 2.34. The van der Waals surface area contributed by atoms with E-state index in [-0.39, 0.29) is 5.91 Å². The highest BCUT2D eigenvalue weighted by Crippen LogP contribution is 2.00. The number of benzene rings is 1. The smallest absolute Gasteiger partial charge is 0.251 e. The van der Waals surface area contributed by atoms with Crippen LogP contribution in [0.25, 0.3) is 0 Å². The van der Waals surface area contributed by atoms with Gasteiger partial charge in [0.1, 0.15) is 0 Å². The van der Waals surface area contributed by atoms with Gasteiger partial charge in [-0.15, -0.1) is 0 Å². The first-order chi connectivity index (χ1) is 7.74. The van der Waals surface area contributed by atoms with Crippen molar-refractivity contribution in [3.05, 3.63) is 35.9 Å². The van der Waals surface area contributed by atoms with Crippen LogP contribution in [-0.4, -0.2) is 12.5 Å². The van der Waals surface area contributed by atoms with Gasteiger partial charge in [0.25, 0.3) is 5.91 Å². The highest BCUT2D eigenvalue weighted by molar-refractivity contribution is 5.94. The first kappa shape index (κ1) is 14.7. The first-order valence-electron chi connectivity index (χ1n) is 6.07. The predicted octanol–water partition coefficient (Wildman–Crippen LogP) is 3.49. The molecule has 1 aromatic carbocycles. The summed E-state index contributed by atoms with van der Waals surface area (Å²) in [5, 5.41) is 2.91. The Labute approximate surface area is 99.1 Å². The second-order valence-corrected chi connectivity index (χ2v) is 3.59. The zero-order chi connectivity index (χ0) is 12.4. The molecule has 90 valence electrons. The lowest BCUT2D eigenvalue weighted by Gasteiger charge is -2.09. The molecule has 16 heavy (non-hydrogen) atoms. The molecule has 1 rings (SSSR count). The highest BCUT2D eigenvalue weighted by Gasteiger charge is 2.05. The van der Waals surface area contributed by atoms with Gasteiger partial charge in [0, 0.05) is 12.1 Å². The lowest BCUT2D eigenvalue weighted by Crippen LogP contribution is -2.27. The van der Waals surface area contributed by atoms with E-state index in [1.54, 1.807) is 0 Å². The molecule has 0 heterocycles. The number of hydrogen-bond acceptors (Lipinski definition) is 1. The van der Waals surface area contributed by atoms with Crippen molar-refractivity contribution < 1.29 is 4.79 Å². The second kappa shape index (κ2) is 8.96. The third-order valence-corrected chi connectivity index (χ3v) is 2.34. The van der Waals surface area contributed by atoms with Crippen LogP contribution >= 0.6 is 0 Å². The molecule has 1 unspecified atom stereocenters. The molecule has 0 saturated heterocycles. The van der Waals surface area contributed by atoms with Gasteiger partial charge in [-0.1, -0.05) is 52.3 Å². The summed E-state index contributed by atoms with van der Waals surface area (Å²) in [6.45, 7) is 9.01. The van der Waals surface area contributed by atoms with E-state index in [1.807, 2.05) is 44.2 Å². The number of carbonyl (C=O) groups excluding carboxylic acids is 1. The topological polar surface area (TPSA) is 29.1 Å². The molecule has 1 amide bonds. The van der Waals surface area contributed by atoms with E-state index in [0.717, 1.165) is 18.5 Å². The van der Waals surface area contributed by atoms with E-state index in [9.17, 15) is 4.79 Å². The van der Waals surface area contributed by atoms with Crippen molar-refractivity contribution in [1.82, 2.24) is 5.32 Å². The molecule has 1 N–H and O–H groups in total. The maximum atomic E-state index is 11.6. The molecule has 0 aromatic heterocycles. The average Bonchev–Trinajstić information content (AvgIpc) is 2.38. The van der Waals surface area contributed by atoms with Crippen LogP contribution in [0.3, 0.4) is 0 Å². The minimum absolute atomic E-state index is 0.0194. The Morgan fingerprint density at radius 3 is 2.31 bits per heavy atom. The lowest BCUT2D eigenvalue weighted by atomic mass is 10.1. The number of hydrogen-bond donors (Lipinski definition) is 1. The van der Waals surface area contributed by atoms with Crippen molar-refractivity contribution >= 4 is 5.91 Å². The fourth-order valence-electron chi connectivity index (χ4n) is 1.10. The Kier molecular flexibility index (Phi) is 8.22. The fraction of sp³-hybridized carbons (Fsp3) is 0.500. The van der Waals surface area contributed by atoms with Gasteiger partial charge < -0.3 is 5.32 Å². The van der Waals surface area contributed by atoms with Gasteiger partial charge in [0.05, 0.1) is 0 Å². The van der Waals surface area contributed by atoms with Crippen molar-refractivity contribution in [2.45, 2.75) is 34.1 Å². The van der Waals surface area contributed by atoms with Crippen molar-refractivity contribution in [2.24, 2.45) is 5.92 Å². The molecule has 0 radical (unpaired) electrons. The predicted molar refractivity (Wildman–Crippen MR) is 69.6 cm³/mol. The van der Waals surface area contributed by atoms with E-state index < -0.39 is 0 Å². The van der Waals surface area contributed by atoms with Crippen LogP contribution in [0.4, 0.5) is 0 Å². The molecule has 2 nitrogen and oxygen atoms in total. The van der Waals surface area contributed by atoms with Crippen molar-refractivity contribution in [1.29, 1.82) is 0 Å².